The van der Waals surface area contributed by atoms with Crippen LogP contribution in [-0.4, -0.2) is 16.8 Å². The fourth-order valence-electron chi connectivity index (χ4n) is 1.99. The Labute approximate surface area is 123 Å². The number of carbonyl (C=O) groups excluding carboxylic acids is 2. The molecule has 0 bridgehead atoms. The predicted octanol–water partition coefficient (Wildman–Crippen LogP) is 2.78. The number of para-hydroxylation sites is 1. The third-order valence-electron chi connectivity index (χ3n) is 3.14. The number of Topliss-reactive ketones (excluding diaryl/α,β-unsaturated/α-hetero) is 1. The number of hydrogen-bond donors (Lipinski definition) is 2. The van der Waals surface area contributed by atoms with Gasteiger partial charge in [-0.2, -0.15) is 0 Å². The minimum Gasteiger partial charge on any atom is -0.392 e. The smallest absolute Gasteiger partial charge is 0.224 e. The quantitative estimate of drug-likeness (QED) is 0.801. The third kappa shape index (κ3) is 4.26. The molecule has 0 spiro atoms. The van der Waals surface area contributed by atoms with Gasteiger partial charge < -0.3 is 10.4 Å². The predicted molar refractivity (Wildman–Crippen MR) is 81.0 cm³/mol. The van der Waals surface area contributed by atoms with E-state index in [2.05, 4.69) is 5.32 Å². The first kappa shape index (κ1) is 14.9. The van der Waals surface area contributed by atoms with Crippen LogP contribution < -0.4 is 5.32 Å². The molecular weight excluding hydrogens is 266 g/mol. The number of aliphatic hydroxyl groups excluding tert-OH is 1. The molecule has 2 rings (SSSR count). The van der Waals surface area contributed by atoms with Crippen LogP contribution in [0.5, 0.6) is 0 Å². The molecule has 4 heteroatoms. The van der Waals surface area contributed by atoms with E-state index >= 15 is 0 Å². The van der Waals surface area contributed by atoms with E-state index in [1.807, 2.05) is 6.07 Å². The van der Waals surface area contributed by atoms with Crippen LogP contribution in [-0.2, 0) is 11.4 Å². The SMILES string of the molecule is O=C(CCC(=O)c1ccccc1)Nc1ccccc1CO. The summed E-state index contributed by atoms with van der Waals surface area (Å²) in [6.07, 6.45) is 0.282. The lowest BCUT2D eigenvalue weighted by Gasteiger charge is -2.09. The number of amides is 1. The minimum absolute atomic E-state index is 0.0545. The van der Waals surface area contributed by atoms with Crippen molar-refractivity contribution in [1.29, 1.82) is 0 Å². The highest BCUT2D eigenvalue weighted by Crippen LogP contribution is 2.15. The van der Waals surface area contributed by atoms with Crippen molar-refractivity contribution in [1.82, 2.24) is 0 Å². The van der Waals surface area contributed by atoms with Crippen LogP contribution in [0.15, 0.2) is 54.6 Å². The van der Waals surface area contributed by atoms with Gasteiger partial charge in [-0.1, -0.05) is 48.5 Å². The maximum atomic E-state index is 11.9. The van der Waals surface area contributed by atoms with E-state index in [4.69, 9.17) is 0 Å². The molecular formula is C17H17NO3. The number of hydrogen-bond acceptors (Lipinski definition) is 3. The van der Waals surface area contributed by atoms with Gasteiger partial charge >= 0.3 is 0 Å². The summed E-state index contributed by atoms with van der Waals surface area (Å²) in [5.74, 6) is -0.290. The molecule has 0 fully saturated rings. The number of carbonyl (C=O) groups is 2. The van der Waals surface area contributed by atoms with E-state index in [9.17, 15) is 14.7 Å². The Kier molecular flexibility index (Phi) is 5.23. The summed E-state index contributed by atoms with van der Waals surface area (Å²) < 4.78 is 0. The summed E-state index contributed by atoms with van der Waals surface area (Å²) in [4.78, 5) is 23.8. The Balaban J connectivity index is 1.89. The van der Waals surface area contributed by atoms with Gasteiger partial charge in [0.2, 0.25) is 5.91 Å². The first-order chi connectivity index (χ1) is 10.2. The van der Waals surface area contributed by atoms with Crippen LogP contribution in [0.3, 0.4) is 0 Å². The molecule has 0 aliphatic heterocycles. The van der Waals surface area contributed by atoms with Crippen LogP contribution in [0.1, 0.15) is 28.8 Å². The first-order valence-corrected chi connectivity index (χ1v) is 6.77. The van der Waals surface area contributed by atoms with Crippen molar-refractivity contribution in [3.63, 3.8) is 0 Å². The molecule has 108 valence electrons. The minimum atomic E-state index is -0.236. The van der Waals surface area contributed by atoms with Crippen LogP contribution in [0.2, 0.25) is 0 Å². The van der Waals surface area contributed by atoms with Crippen molar-refractivity contribution in [3.8, 4) is 0 Å². The second kappa shape index (κ2) is 7.36. The standard InChI is InChI=1S/C17H17NO3/c19-12-14-8-4-5-9-15(14)18-17(21)11-10-16(20)13-6-2-1-3-7-13/h1-9,19H,10-12H2,(H,18,21). The molecule has 0 atom stereocenters. The van der Waals surface area contributed by atoms with E-state index < -0.39 is 0 Å². The zero-order valence-electron chi connectivity index (χ0n) is 11.6. The Hall–Kier alpha value is -2.46. The van der Waals surface area contributed by atoms with E-state index in [1.165, 1.54) is 0 Å². The largest absolute Gasteiger partial charge is 0.392 e. The Morgan fingerprint density at radius 1 is 0.905 bits per heavy atom. The van der Waals surface area contributed by atoms with Gasteiger partial charge in [-0.15, -0.1) is 0 Å². The van der Waals surface area contributed by atoms with Crippen LogP contribution in [0, 0.1) is 0 Å². The zero-order chi connectivity index (χ0) is 15.1. The van der Waals surface area contributed by atoms with Crippen molar-refractivity contribution in [2.24, 2.45) is 0 Å². The normalized spacial score (nSPS) is 10.1. The second-order valence-electron chi connectivity index (χ2n) is 4.65. The van der Waals surface area contributed by atoms with Gasteiger partial charge in [-0.05, 0) is 6.07 Å². The third-order valence-corrected chi connectivity index (χ3v) is 3.14. The summed E-state index contributed by atoms with van der Waals surface area (Å²) in [5, 5.41) is 11.9. The monoisotopic (exact) mass is 283 g/mol. The van der Waals surface area contributed by atoms with Gasteiger partial charge in [0.1, 0.15) is 0 Å². The fraction of sp³-hybridized carbons (Fsp3) is 0.176. The van der Waals surface area contributed by atoms with Crippen molar-refractivity contribution >= 4 is 17.4 Å². The molecule has 1 amide bonds. The van der Waals surface area contributed by atoms with E-state index in [1.54, 1.807) is 48.5 Å². The van der Waals surface area contributed by atoms with Crippen molar-refractivity contribution < 1.29 is 14.7 Å². The van der Waals surface area contributed by atoms with Gasteiger partial charge in [0, 0.05) is 29.7 Å². The van der Waals surface area contributed by atoms with Gasteiger partial charge in [-0.3, -0.25) is 9.59 Å². The lowest BCUT2D eigenvalue weighted by molar-refractivity contribution is -0.116. The van der Waals surface area contributed by atoms with Crippen LogP contribution in [0.4, 0.5) is 5.69 Å². The molecule has 0 aliphatic carbocycles. The van der Waals surface area contributed by atoms with Gasteiger partial charge in [0.05, 0.1) is 6.61 Å². The summed E-state index contributed by atoms with van der Waals surface area (Å²) in [7, 11) is 0. The molecule has 4 nitrogen and oxygen atoms in total. The Morgan fingerprint density at radius 3 is 2.29 bits per heavy atom. The maximum Gasteiger partial charge on any atom is 0.224 e. The molecule has 0 radical (unpaired) electrons. The van der Waals surface area contributed by atoms with E-state index in [0.29, 0.717) is 16.8 Å². The summed E-state index contributed by atoms with van der Waals surface area (Å²) in [6, 6.07) is 15.9. The summed E-state index contributed by atoms with van der Waals surface area (Å²) in [6.45, 7) is -0.139. The fourth-order valence-corrected chi connectivity index (χ4v) is 1.99. The molecule has 2 N–H and O–H groups in total. The number of aliphatic hydroxyl groups is 1. The van der Waals surface area contributed by atoms with Gasteiger partial charge in [0.25, 0.3) is 0 Å². The van der Waals surface area contributed by atoms with E-state index in [-0.39, 0.29) is 31.1 Å². The molecule has 2 aromatic rings. The molecule has 0 aliphatic rings. The Morgan fingerprint density at radius 2 is 1.57 bits per heavy atom. The first-order valence-electron chi connectivity index (χ1n) is 6.77. The molecule has 2 aromatic carbocycles. The number of nitrogens with one attached hydrogen (secondary N) is 1. The van der Waals surface area contributed by atoms with Crippen molar-refractivity contribution in [3.05, 3.63) is 65.7 Å². The molecule has 0 aromatic heterocycles. The lowest BCUT2D eigenvalue weighted by Crippen LogP contribution is -2.14. The zero-order valence-corrected chi connectivity index (χ0v) is 11.6. The van der Waals surface area contributed by atoms with E-state index in [0.717, 1.165) is 0 Å². The summed E-state index contributed by atoms with van der Waals surface area (Å²) in [5.41, 5.74) is 1.85. The second-order valence-corrected chi connectivity index (χ2v) is 4.65. The maximum absolute atomic E-state index is 11.9. The van der Waals surface area contributed by atoms with Gasteiger partial charge in [0.15, 0.2) is 5.78 Å². The number of rotatable bonds is 6. The van der Waals surface area contributed by atoms with Crippen molar-refractivity contribution in [2.45, 2.75) is 19.4 Å². The highest BCUT2D eigenvalue weighted by atomic mass is 16.3. The molecule has 0 unspecified atom stereocenters. The van der Waals surface area contributed by atoms with Crippen molar-refractivity contribution in [2.75, 3.05) is 5.32 Å². The average Bonchev–Trinajstić information content (AvgIpc) is 2.54. The molecule has 0 saturated carbocycles. The molecule has 0 saturated heterocycles. The topological polar surface area (TPSA) is 66.4 Å². The lowest BCUT2D eigenvalue weighted by atomic mass is 10.1. The highest BCUT2D eigenvalue weighted by Gasteiger charge is 2.10. The molecule has 21 heavy (non-hydrogen) atoms. The van der Waals surface area contributed by atoms with Gasteiger partial charge in [-0.25, -0.2) is 0 Å². The highest BCUT2D eigenvalue weighted by molar-refractivity contribution is 6.00. The number of ketones is 1. The molecule has 0 heterocycles. The number of benzene rings is 2. The average molecular weight is 283 g/mol. The summed E-state index contributed by atoms with van der Waals surface area (Å²) >= 11 is 0. The van der Waals surface area contributed by atoms with Crippen LogP contribution >= 0.6 is 0 Å². The van der Waals surface area contributed by atoms with Crippen LogP contribution in [0.25, 0.3) is 0 Å². The number of anilines is 1. The Bertz CT molecular complexity index is 623.